The lowest BCUT2D eigenvalue weighted by molar-refractivity contribution is 0.0999. The lowest BCUT2D eigenvalue weighted by Gasteiger charge is -2.20. The number of nitrogens with two attached hydrogens (primary N) is 1. The number of rotatable bonds is 7. The molecule has 0 spiro atoms. The van der Waals surface area contributed by atoms with Crippen LogP contribution in [0.5, 0.6) is 0 Å². The van der Waals surface area contributed by atoms with Crippen molar-refractivity contribution in [1.82, 2.24) is 4.90 Å². The zero-order chi connectivity index (χ0) is 13.5. The normalized spacial score (nSPS) is 10.9. The van der Waals surface area contributed by atoms with Crippen LogP contribution in [0.2, 0.25) is 0 Å². The van der Waals surface area contributed by atoms with Gasteiger partial charge in [0.1, 0.15) is 5.82 Å². The lowest BCUT2D eigenvalue weighted by atomic mass is 10.1. The number of carbonyl (C=O) groups excluding carboxylic acids is 1. The minimum atomic E-state index is -0.618. The number of hydrogen-bond donors (Lipinski definition) is 3. The van der Waals surface area contributed by atoms with Gasteiger partial charge in [-0.2, -0.15) is 0 Å². The number of aliphatic hydroxyl groups excluding tert-OH is 2. The molecule has 100 valence electrons. The average molecular weight is 256 g/mol. The van der Waals surface area contributed by atoms with Crippen LogP contribution in [0.25, 0.3) is 0 Å². The quantitative estimate of drug-likeness (QED) is 0.625. The van der Waals surface area contributed by atoms with E-state index in [2.05, 4.69) is 0 Å². The first-order valence-electron chi connectivity index (χ1n) is 5.60. The molecule has 4 N–H and O–H groups in total. The molecule has 0 saturated carbocycles. The van der Waals surface area contributed by atoms with Crippen LogP contribution in [0.15, 0.2) is 18.2 Å². The van der Waals surface area contributed by atoms with Gasteiger partial charge >= 0.3 is 0 Å². The molecule has 0 aliphatic carbocycles. The van der Waals surface area contributed by atoms with E-state index in [4.69, 9.17) is 15.9 Å². The maximum Gasteiger partial charge on any atom is 0.248 e. The molecule has 0 aliphatic rings. The number of nitrogens with zero attached hydrogens (tertiary/aromatic N) is 1. The fraction of sp³-hybridized carbons (Fsp3) is 0.417. The van der Waals surface area contributed by atoms with E-state index in [1.54, 1.807) is 4.90 Å². The zero-order valence-corrected chi connectivity index (χ0v) is 9.97. The Morgan fingerprint density at radius 3 is 2.39 bits per heavy atom. The molecule has 0 unspecified atom stereocenters. The van der Waals surface area contributed by atoms with Crippen molar-refractivity contribution in [2.75, 3.05) is 26.3 Å². The average Bonchev–Trinajstić information content (AvgIpc) is 2.32. The van der Waals surface area contributed by atoms with E-state index in [1.165, 1.54) is 18.2 Å². The highest BCUT2D eigenvalue weighted by molar-refractivity contribution is 5.92. The second-order valence-electron chi connectivity index (χ2n) is 3.89. The van der Waals surface area contributed by atoms with E-state index >= 15 is 0 Å². The Kier molecular flexibility index (Phi) is 5.70. The van der Waals surface area contributed by atoms with Crippen molar-refractivity contribution < 1.29 is 19.4 Å². The van der Waals surface area contributed by atoms with E-state index < -0.39 is 11.7 Å². The van der Waals surface area contributed by atoms with Gasteiger partial charge in [-0.25, -0.2) is 4.39 Å². The maximum absolute atomic E-state index is 13.6. The molecule has 1 aromatic rings. The summed E-state index contributed by atoms with van der Waals surface area (Å²) in [5, 5.41) is 17.7. The van der Waals surface area contributed by atoms with Crippen molar-refractivity contribution in [2.24, 2.45) is 5.73 Å². The van der Waals surface area contributed by atoms with Crippen LogP contribution in [0.3, 0.4) is 0 Å². The highest BCUT2D eigenvalue weighted by Gasteiger charge is 2.11. The van der Waals surface area contributed by atoms with Crippen molar-refractivity contribution in [3.05, 3.63) is 35.1 Å². The van der Waals surface area contributed by atoms with Crippen LogP contribution >= 0.6 is 0 Å². The molecule has 1 rings (SSSR count). The van der Waals surface area contributed by atoms with Crippen LogP contribution in [-0.2, 0) is 6.54 Å². The van der Waals surface area contributed by atoms with Gasteiger partial charge in [0.2, 0.25) is 5.91 Å². The number of primary amides is 1. The molecule has 6 heteroatoms. The summed E-state index contributed by atoms with van der Waals surface area (Å²) in [6, 6.07) is 3.90. The minimum absolute atomic E-state index is 0.0862. The first-order chi connectivity index (χ1) is 8.58. The van der Waals surface area contributed by atoms with Gasteiger partial charge in [-0.1, -0.05) is 0 Å². The van der Waals surface area contributed by atoms with Crippen molar-refractivity contribution in [2.45, 2.75) is 6.54 Å². The van der Waals surface area contributed by atoms with Crippen molar-refractivity contribution >= 4 is 5.91 Å². The Morgan fingerprint density at radius 1 is 1.28 bits per heavy atom. The number of amides is 1. The molecule has 0 fully saturated rings. The number of carbonyl (C=O) groups is 1. The van der Waals surface area contributed by atoms with E-state index in [-0.39, 0.29) is 25.3 Å². The first-order valence-corrected chi connectivity index (χ1v) is 5.60. The highest BCUT2D eigenvalue weighted by Crippen LogP contribution is 2.13. The molecule has 0 bridgehead atoms. The Bertz CT molecular complexity index is 406. The third-order valence-electron chi connectivity index (χ3n) is 2.56. The maximum atomic E-state index is 13.6. The van der Waals surface area contributed by atoms with E-state index in [1.807, 2.05) is 0 Å². The molecule has 0 aliphatic heterocycles. The summed E-state index contributed by atoms with van der Waals surface area (Å²) in [5.74, 6) is -1.06. The summed E-state index contributed by atoms with van der Waals surface area (Å²) in [5.41, 5.74) is 5.67. The smallest absolute Gasteiger partial charge is 0.248 e. The fourth-order valence-electron chi connectivity index (χ4n) is 1.64. The van der Waals surface area contributed by atoms with E-state index in [9.17, 15) is 9.18 Å². The van der Waals surface area contributed by atoms with Gasteiger partial charge in [-0.15, -0.1) is 0 Å². The zero-order valence-electron chi connectivity index (χ0n) is 9.97. The molecule has 0 radical (unpaired) electrons. The van der Waals surface area contributed by atoms with Crippen molar-refractivity contribution in [3.63, 3.8) is 0 Å². The van der Waals surface area contributed by atoms with E-state index in [0.29, 0.717) is 18.7 Å². The Balaban J connectivity index is 2.86. The fourth-order valence-corrected chi connectivity index (χ4v) is 1.64. The second-order valence-corrected chi connectivity index (χ2v) is 3.89. The highest BCUT2D eigenvalue weighted by atomic mass is 19.1. The molecule has 0 saturated heterocycles. The van der Waals surface area contributed by atoms with Gasteiger partial charge in [0.15, 0.2) is 0 Å². The third-order valence-corrected chi connectivity index (χ3v) is 2.56. The molecule has 0 atom stereocenters. The summed E-state index contributed by atoms with van der Waals surface area (Å²) in [6.07, 6.45) is 0. The number of benzene rings is 1. The van der Waals surface area contributed by atoms with Crippen molar-refractivity contribution in [3.8, 4) is 0 Å². The molecule has 0 aromatic heterocycles. The van der Waals surface area contributed by atoms with Crippen LogP contribution in [0.4, 0.5) is 4.39 Å². The number of hydrogen-bond acceptors (Lipinski definition) is 4. The molecule has 0 heterocycles. The first kappa shape index (κ1) is 14.6. The predicted octanol–water partition coefficient (Wildman–Crippen LogP) is -0.289. The van der Waals surface area contributed by atoms with Gasteiger partial charge in [-0.3, -0.25) is 9.69 Å². The summed E-state index contributed by atoms with van der Waals surface area (Å²) in [7, 11) is 0. The van der Waals surface area contributed by atoms with Crippen LogP contribution in [0, 0.1) is 5.82 Å². The molecule has 1 aromatic carbocycles. The second kappa shape index (κ2) is 7.05. The van der Waals surface area contributed by atoms with Crippen LogP contribution in [0.1, 0.15) is 15.9 Å². The van der Waals surface area contributed by atoms with Gasteiger partial charge in [-0.05, 0) is 18.2 Å². The summed E-state index contributed by atoms with van der Waals surface area (Å²) < 4.78 is 13.6. The third kappa shape index (κ3) is 4.06. The number of aliphatic hydroxyl groups is 2. The van der Waals surface area contributed by atoms with Crippen LogP contribution in [-0.4, -0.2) is 47.3 Å². The van der Waals surface area contributed by atoms with Gasteiger partial charge in [0.05, 0.1) is 13.2 Å². The summed E-state index contributed by atoms with van der Waals surface area (Å²) >= 11 is 0. The van der Waals surface area contributed by atoms with Gasteiger partial charge in [0.25, 0.3) is 0 Å². The minimum Gasteiger partial charge on any atom is -0.395 e. The van der Waals surface area contributed by atoms with Crippen molar-refractivity contribution in [1.29, 1.82) is 0 Å². The largest absolute Gasteiger partial charge is 0.395 e. The Hall–Kier alpha value is -1.50. The van der Waals surface area contributed by atoms with Gasteiger partial charge in [0, 0.05) is 30.8 Å². The lowest BCUT2D eigenvalue weighted by Crippen LogP contribution is -2.30. The standard InChI is InChI=1S/C12H17FN2O3/c13-11-2-1-9(12(14)18)7-10(11)8-15(3-5-16)4-6-17/h1-2,7,16-17H,3-6,8H2,(H2,14,18). The predicted molar refractivity (Wildman–Crippen MR) is 64.4 cm³/mol. The molecular weight excluding hydrogens is 239 g/mol. The molecular formula is C12H17FN2O3. The van der Waals surface area contributed by atoms with Crippen LogP contribution < -0.4 is 5.73 Å². The van der Waals surface area contributed by atoms with Gasteiger partial charge < -0.3 is 15.9 Å². The Labute approximate surface area is 105 Å². The monoisotopic (exact) mass is 256 g/mol. The summed E-state index contributed by atoms with van der Waals surface area (Å²) in [6.45, 7) is 0.671. The Morgan fingerprint density at radius 2 is 1.89 bits per heavy atom. The van der Waals surface area contributed by atoms with E-state index in [0.717, 1.165) is 0 Å². The molecule has 1 amide bonds. The molecule has 18 heavy (non-hydrogen) atoms. The topological polar surface area (TPSA) is 86.8 Å². The molecule has 5 nitrogen and oxygen atoms in total. The number of halogens is 1. The SMILES string of the molecule is NC(=O)c1ccc(F)c(CN(CCO)CCO)c1. The summed E-state index contributed by atoms with van der Waals surface area (Å²) in [4.78, 5) is 12.7.